The molecule has 2 unspecified atom stereocenters. The Morgan fingerprint density at radius 1 is 1.37 bits per heavy atom. The molecule has 4 heteroatoms. The molecule has 0 saturated heterocycles. The van der Waals surface area contributed by atoms with Gasteiger partial charge < -0.3 is 9.88 Å². The number of aryl methyl sites for hydroxylation is 1. The Balaban J connectivity index is 1.96. The lowest BCUT2D eigenvalue weighted by atomic mass is 10.1. The molecule has 1 aromatic carbocycles. The Morgan fingerprint density at radius 2 is 2.16 bits per heavy atom. The van der Waals surface area contributed by atoms with Gasteiger partial charge in [-0.15, -0.1) is 0 Å². The zero-order valence-corrected chi connectivity index (χ0v) is 11.6. The molecule has 3 nitrogen and oxygen atoms in total. The van der Waals surface area contributed by atoms with Crippen LogP contribution in [-0.2, 0) is 6.54 Å². The summed E-state index contributed by atoms with van der Waals surface area (Å²) in [6, 6.07) is 5.81. The highest BCUT2D eigenvalue weighted by atomic mass is 19.1. The molecule has 2 aromatic rings. The van der Waals surface area contributed by atoms with Crippen LogP contribution in [0.1, 0.15) is 31.0 Å². The Bertz CT molecular complexity index is 522. The molecular weight excluding hydrogens is 241 g/mol. The maximum atomic E-state index is 13.5. The third-order valence-corrected chi connectivity index (χ3v) is 3.27. The van der Waals surface area contributed by atoms with Gasteiger partial charge in [-0.3, -0.25) is 0 Å². The van der Waals surface area contributed by atoms with Gasteiger partial charge in [0, 0.05) is 31.0 Å². The van der Waals surface area contributed by atoms with Crippen molar-refractivity contribution in [2.45, 2.75) is 39.4 Å². The minimum atomic E-state index is -0.145. The number of halogens is 1. The van der Waals surface area contributed by atoms with Gasteiger partial charge in [0.1, 0.15) is 5.82 Å². The van der Waals surface area contributed by atoms with E-state index in [4.69, 9.17) is 0 Å². The highest BCUT2D eigenvalue weighted by Crippen LogP contribution is 2.17. The van der Waals surface area contributed by atoms with E-state index < -0.39 is 0 Å². The number of nitrogens with one attached hydrogen (secondary N) is 1. The molecule has 0 bridgehead atoms. The largest absolute Gasteiger partial charge is 0.336 e. The van der Waals surface area contributed by atoms with E-state index in [2.05, 4.69) is 24.1 Å². The lowest BCUT2D eigenvalue weighted by Crippen LogP contribution is -2.32. The van der Waals surface area contributed by atoms with Gasteiger partial charge in [-0.2, -0.15) is 0 Å². The molecule has 0 radical (unpaired) electrons. The van der Waals surface area contributed by atoms with Crippen LogP contribution in [0.15, 0.2) is 36.9 Å². The normalized spacial score (nSPS) is 14.3. The van der Waals surface area contributed by atoms with Gasteiger partial charge in [0.25, 0.3) is 0 Å². The zero-order valence-electron chi connectivity index (χ0n) is 11.6. The van der Waals surface area contributed by atoms with Crippen LogP contribution in [0, 0.1) is 12.7 Å². The monoisotopic (exact) mass is 261 g/mol. The summed E-state index contributed by atoms with van der Waals surface area (Å²) >= 11 is 0. The van der Waals surface area contributed by atoms with Crippen LogP contribution in [0.3, 0.4) is 0 Å². The number of aromatic nitrogens is 2. The second-order valence-electron chi connectivity index (χ2n) is 5.06. The molecule has 2 rings (SSSR count). The molecule has 0 aliphatic heterocycles. The van der Waals surface area contributed by atoms with Crippen molar-refractivity contribution in [1.29, 1.82) is 0 Å². The molecular formula is C15H20FN3. The third kappa shape index (κ3) is 3.64. The second-order valence-corrected chi connectivity index (χ2v) is 5.06. The first-order valence-electron chi connectivity index (χ1n) is 6.54. The Kier molecular flexibility index (Phi) is 4.32. The Morgan fingerprint density at radius 3 is 2.79 bits per heavy atom. The standard InChI is InChI=1S/C15H20FN3/c1-11-4-5-14(8-15(11)16)13(3)18-12(2)9-19-7-6-17-10-19/h4-8,10,12-13,18H,9H2,1-3H3. The molecule has 0 amide bonds. The van der Waals surface area contributed by atoms with Crippen molar-refractivity contribution >= 4 is 0 Å². The van der Waals surface area contributed by atoms with E-state index in [1.165, 1.54) is 0 Å². The Labute approximate surface area is 113 Å². The first-order valence-corrected chi connectivity index (χ1v) is 6.54. The number of benzene rings is 1. The molecule has 2 atom stereocenters. The molecule has 1 aromatic heterocycles. The van der Waals surface area contributed by atoms with Crippen molar-refractivity contribution in [2.75, 3.05) is 0 Å². The van der Waals surface area contributed by atoms with Crippen LogP contribution in [0.4, 0.5) is 4.39 Å². The SMILES string of the molecule is Cc1ccc(C(C)NC(C)Cn2ccnc2)cc1F. The van der Waals surface area contributed by atoms with Crippen LogP contribution in [0.5, 0.6) is 0 Å². The molecule has 0 fully saturated rings. The van der Waals surface area contributed by atoms with Gasteiger partial charge >= 0.3 is 0 Å². The molecule has 0 aliphatic rings. The summed E-state index contributed by atoms with van der Waals surface area (Å²) in [4.78, 5) is 4.02. The van der Waals surface area contributed by atoms with Gasteiger partial charge in [0.15, 0.2) is 0 Å². The van der Waals surface area contributed by atoms with Crippen LogP contribution >= 0.6 is 0 Å². The maximum Gasteiger partial charge on any atom is 0.126 e. The van der Waals surface area contributed by atoms with Gasteiger partial charge in [0.2, 0.25) is 0 Å². The fourth-order valence-corrected chi connectivity index (χ4v) is 2.17. The number of hydrogen-bond acceptors (Lipinski definition) is 2. The van der Waals surface area contributed by atoms with E-state index in [0.717, 1.165) is 12.1 Å². The summed E-state index contributed by atoms with van der Waals surface area (Å²) in [6.07, 6.45) is 5.51. The van der Waals surface area contributed by atoms with Gasteiger partial charge in [-0.25, -0.2) is 9.37 Å². The molecule has 19 heavy (non-hydrogen) atoms. The van der Waals surface area contributed by atoms with E-state index in [-0.39, 0.29) is 17.9 Å². The quantitative estimate of drug-likeness (QED) is 0.896. The number of rotatable bonds is 5. The molecule has 0 aliphatic carbocycles. The van der Waals surface area contributed by atoms with Crippen molar-refractivity contribution in [2.24, 2.45) is 0 Å². The van der Waals surface area contributed by atoms with E-state index in [1.807, 2.05) is 22.9 Å². The minimum absolute atomic E-state index is 0.119. The lowest BCUT2D eigenvalue weighted by Gasteiger charge is -2.21. The average Bonchev–Trinajstić information content (AvgIpc) is 2.85. The van der Waals surface area contributed by atoms with Gasteiger partial charge in [-0.1, -0.05) is 12.1 Å². The summed E-state index contributed by atoms with van der Waals surface area (Å²) in [5, 5.41) is 3.47. The van der Waals surface area contributed by atoms with Crippen LogP contribution in [-0.4, -0.2) is 15.6 Å². The first kappa shape index (κ1) is 13.7. The smallest absolute Gasteiger partial charge is 0.126 e. The topological polar surface area (TPSA) is 29.9 Å². The summed E-state index contributed by atoms with van der Waals surface area (Å²) in [6.45, 7) is 6.78. The zero-order chi connectivity index (χ0) is 13.8. The van der Waals surface area contributed by atoms with Crippen molar-refractivity contribution in [3.63, 3.8) is 0 Å². The number of imidazole rings is 1. The van der Waals surface area contributed by atoms with E-state index in [1.54, 1.807) is 25.5 Å². The summed E-state index contributed by atoms with van der Waals surface area (Å²) < 4.78 is 15.6. The summed E-state index contributed by atoms with van der Waals surface area (Å²) in [5.41, 5.74) is 1.66. The average molecular weight is 261 g/mol. The maximum absolute atomic E-state index is 13.5. The predicted octanol–water partition coefficient (Wildman–Crippen LogP) is 3.07. The highest BCUT2D eigenvalue weighted by molar-refractivity contribution is 5.25. The summed E-state index contributed by atoms with van der Waals surface area (Å²) in [5.74, 6) is -0.145. The van der Waals surface area contributed by atoms with Crippen LogP contribution < -0.4 is 5.32 Å². The fourth-order valence-electron chi connectivity index (χ4n) is 2.17. The highest BCUT2D eigenvalue weighted by Gasteiger charge is 2.11. The van der Waals surface area contributed by atoms with Crippen molar-refractivity contribution in [1.82, 2.24) is 14.9 Å². The fraction of sp³-hybridized carbons (Fsp3) is 0.400. The van der Waals surface area contributed by atoms with E-state index in [9.17, 15) is 4.39 Å². The first-order chi connectivity index (χ1) is 9.06. The summed E-state index contributed by atoms with van der Waals surface area (Å²) in [7, 11) is 0. The van der Waals surface area contributed by atoms with E-state index in [0.29, 0.717) is 5.56 Å². The third-order valence-electron chi connectivity index (χ3n) is 3.27. The molecule has 1 N–H and O–H groups in total. The predicted molar refractivity (Wildman–Crippen MR) is 74.4 cm³/mol. The molecule has 1 heterocycles. The molecule has 0 saturated carbocycles. The van der Waals surface area contributed by atoms with Crippen molar-refractivity contribution < 1.29 is 4.39 Å². The van der Waals surface area contributed by atoms with Gasteiger partial charge in [-0.05, 0) is 38.0 Å². The lowest BCUT2D eigenvalue weighted by molar-refractivity contribution is 0.429. The molecule has 0 spiro atoms. The number of nitrogens with zero attached hydrogens (tertiary/aromatic N) is 2. The van der Waals surface area contributed by atoms with Crippen LogP contribution in [0.25, 0.3) is 0 Å². The van der Waals surface area contributed by atoms with Crippen molar-refractivity contribution in [3.8, 4) is 0 Å². The Hall–Kier alpha value is -1.68. The van der Waals surface area contributed by atoms with Gasteiger partial charge in [0.05, 0.1) is 6.33 Å². The molecule has 102 valence electrons. The minimum Gasteiger partial charge on any atom is -0.336 e. The second kappa shape index (κ2) is 5.97. The number of hydrogen-bond donors (Lipinski definition) is 1. The van der Waals surface area contributed by atoms with Crippen LogP contribution in [0.2, 0.25) is 0 Å². The van der Waals surface area contributed by atoms with Crippen molar-refractivity contribution in [3.05, 3.63) is 53.9 Å². The van der Waals surface area contributed by atoms with E-state index >= 15 is 0 Å².